The fourth-order valence-electron chi connectivity index (χ4n) is 1.95. The summed E-state index contributed by atoms with van der Waals surface area (Å²) < 4.78 is 5.23. The Morgan fingerprint density at radius 2 is 1.95 bits per heavy atom. The molecule has 0 unspecified atom stereocenters. The third kappa shape index (κ3) is 3.14. The molecule has 0 spiro atoms. The number of carbonyl (C=O) groups is 1. The minimum absolute atomic E-state index is 0.0209. The fraction of sp³-hybridized carbons (Fsp3) is 0.188. The number of ether oxygens (including phenoxy) is 1. The molecule has 0 bridgehead atoms. The van der Waals surface area contributed by atoms with Crippen molar-refractivity contribution < 1.29 is 9.53 Å². The van der Waals surface area contributed by atoms with Gasteiger partial charge in [-0.15, -0.1) is 0 Å². The highest BCUT2D eigenvalue weighted by molar-refractivity contribution is 6.42. The molecule has 0 amide bonds. The van der Waals surface area contributed by atoms with Gasteiger partial charge < -0.3 is 4.74 Å². The molecule has 0 N–H and O–H groups in total. The van der Waals surface area contributed by atoms with Crippen molar-refractivity contribution in [3.63, 3.8) is 0 Å². The Morgan fingerprint density at radius 3 is 2.65 bits per heavy atom. The number of aryl methyl sites for hydroxylation is 1. The van der Waals surface area contributed by atoms with Crippen molar-refractivity contribution in [2.45, 2.75) is 13.3 Å². The Balaban J connectivity index is 2.26. The number of halogens is 2. The van der Waals surface area contributed by atoms with Crippen molar-refractivity contribution in [1.82, 2.24) is 0 Å². The Kier molecular flexibility index (Phi) is 4.69. The predicted molar refractivity (Wildman–Crippen MR) is 82.2 cm³/mol. The van der Waals surface area contributed by atoms with E-state index in [4.69, 9.17) is 27.9 Å². The molecule has 0 aliphatic rings. The maximum absolute atomic E-state index is 12.3. The minimum Gasteiger partial charge on any atom is -0.496 e. The van der Waals surface area contributed by atoms with Crippen LogP contribution < -0.4 is 4.74 Å². The van der Waals surface area contributed by atoms with Crippen LogP contribution in [0.25, 0.3) is 0 Å². The van der Waals surface area contributed by atoms with Gasteiger partial charge in [-0.1, -0.05) is 47.5 Å². The summed E-state index contributed by atoms with van der Waals surface area (Å²) >= 11 is 12.0. The zero-order valence-corrected chi connectivity index (χ0v) is 12.8. The molecule has 0 atom stereocenters. The minimum atomic E-state index is -0.0209. The van der Waals surface area contributed by atoms with E-state index >= 15 is 0 Å². The molecule has 104 valence electrons. The Bertz CT molecular complexity index is 651. The van der Waals surface area contributed by atoms with E-state index in [1.54, 1.807) is 37.4 Å². The Morgan fingerprint density at radius 1 is 1.20 bits per heavy atom. The molecule has 0 fully saturated rings. The molecule has 0 aliphatic carbocycles. The van der Waals surface area contributed by atoms with Gasteiger partial charge in [0.05, 0.1) is 17.2 Å². The first-order valence-corrected chi connectivity index (χ1v) is 6.89. The summed E-state index contributed by atoms with van der Waals surface area (Å²) in [5.74, 6) is 0.681. The number of hydrogen-bond acceptors (Lipinski definition) is 2. The largest absolute Gasteiger partial charge is 0.496 e. The molecule has 0 heterocycles. The van der Waals surface area contributed by atoms with E-state index in [1.165, 1.54) is 0 Å². The van der Waals surface area contributed by atoms with Crippen molar-refractivity contribution >= 4 is 29.0 Å². The zero-order chi connectivity index (χ0) is 14.7. The van der Waals surface area contributed by atoms with E-state index in [1.807, 2.05) is 13.0 Å². The predicted octanol–water partition coefficient (Wildman–Crippen LogP) is 4.74. The SMILES string of the molecule is COc1cc(C(=O)Cc2cccc(Cl)c2Cl)ccc1C. The second kappa shape index (κ2) is 6.29. The lowest BCUT2D eigenvalue weighted by atomic mass is 10.0. The van der Waals surface area contributed by atoms with Gasteiger partial charge >= 0.3 is 0 Å². The maximum Gasteiger partial charge on any atom is 0.167 e. The lowest BCUT2D eigenvalue weighted by Gasteiger charge is -2.08. The van der Waals surface area contributed by atoms with Crippen LogP contribution in [0.4, 0.5) is 0 Å². The van der Waals surface area contributed by atoms with Gasteiger partial charge in [-0.2, -0.15) is 0 Å². The molecule has 2 aromatic rings. The standard InChI is InChI=1S/C16H14Cl2O2/c1-10-6-7-11(9-15(10)20-2)14(19)8-12-4-3-5-13(17)16(12)18/h3-7,9H,8H2,1-2H3. The van der Waals surface area contributed by atoms with Gasteiger partial charge in [0, 0.05) is 12.0 Å². The highest BCUT2D eigenvalue weighted by Gasteiger charge is 2.12. The highest BCUT2D eigenvalue weighted by Crippen LogP contribution is 2.27. The van der Waals surface area contributed by atoms with E-state index in [2.05, 4.69) is 0 Å². The van der Waals surface area contributed by atoms with Crippen molar-refractivity contribution in [2.24, 2.45) is 0 Å². The number of ketones is 1. The summed E-state index contributed by atoms with van der Waals surface area (Å²) in [6, 6.07) is 10.7. The van der Waals surface area contributed by atoms with Gasteiger partial charge in [-0.05, 0) is 30.2 Å². The van der Waals surface area contributed by atoms with Gasteiger partial charge in [0.1, 0.15) is 5.75 Å². The first kappa shape index (κ1) is 14.9. The molecule has 0 aromatic heterocycles. The van der Waals surface area contributed by atoms with Crippen molar-refractivity contribution in [3.8, 4) is 5.75 Å². The monoisotopic (exact) mass is 308 g/mol. The van der Waals surface area contributed by atoms with Gasteiger partial charge in [0.2, 0.25) is 0 Å². The molecule has 0 saturated heterocycles. The second-order valence-electron chi connectivity index (χ2n) is 4.50. The van der Waals surface area contributed by atoms with Crippen LogP contribution in [0.1, 0.15) is 21.5 Å². The normalized spacial score (nSPS) is 10.4. The summed E-state index contributed by atoms with van der Waals surface area (Å²) in [5.41, 5.74) is 2.32. The number of hydrogen-bond donors (Lipinski definition) is 0. The first-order valence-electron chi connectivity index (χ1n) is 6.13. The van der Waals surface area contributed by atoms with E-state index in [9.17, 15) is 4.79 Å². The lowest BCUT2D eigenvalue weighted by molar-refractivity contribution is 0.0992. The summed E-state index contributed by atoms with van der Waals surface area (Å²) in [6.07, 6.45) is 0.214. The van der Waals surface area contributed by atoms with E-state index in [0.29, 0.717) is 21.4 Å². The van der Waals surface area contributed by atoms with Crippen LogP contribution in [0, 0.1) is 6.92 Å². The molecular formula is C16H14Cl2O2. The van der Waals surface area contributed by atoms with Gasteiger partial charge in [0.15, 0.2) is 5.78 Å². The van der Waals surface area contributed by atoms with E-state index in [-0.39, 0.29) is 12.2 Å². The average molecular weight is 309 g/mol. The van der Waals surface area contributed by atoms with Crippen LogP contribution >= 0.6 is 23.2 Å². The van der Waals surface area contributed by atoms with Gasteiger partial charge in [0.25, 0.3) is 0 Å². The van der Waals surface area contributed by atoms with Crippen LogP contribution in [0.3, 0.4) is 0 Å². The number of rotatable bonds is 4. The number of methoxy groups -OCH3 is 1. The van der Waals surface area contributed by atoms with Crippen LogP contribution in [0.15, 0.2) is 36.4 Å². The summed E-state index contributed by atoms with van der Waals surface area (Å²) in [6.45, 7) is 1.93. The molecule has 20 heavy (non-hydrogen) atoms. The molecular weight excluding hydrogens is 295 g/mol. The maximum atomic E-state index is 12.3. The summed E-state index contributed by atoms with van der Waals surface area (Å²) in [4.78, 5) is 12.3. The molecule has 2 rings (SSSR count). The molecule has 2 aromatic carbocycles. The molecule has 4 heteroatoms. The number of benzene rings is 2. The van der Waals surface area contributed by atoms with Crippen LogP contribution in [0.2, 0.25) is 10.0 Å². The van der Waals surface area contributed by atoms with Crippen LogP contribution in [-0.4, -0.2) is 12.9 Å². The topological polar surface area (TPSA) is 26.3 Å². The smallest absolute Gasteiger partial charge is 0.167 e. The highest BCUT2D eigenvalue weighted by atomic mass is 35.5. The molecule has 0 radical (unpaired) electrons. The van der Waals surface area contributed by atoms with Crippen LogP contribution in [-0.2, 0) is 6.42 Å². The average Bonchev–Trinajstić information content (AvgIpc) is 2.44. The van der Waals surface area contributed by atoms with E-state index < -0.39 is 0 Å². The van der Waals surface area contributed by atoms with Crippen molar-refractivity contribution in [2.75, 3.05) is 7.11 Å². The number of carbonyl (C=O) groups excluding carboxylic acids is 1. The van der Waals surface area contributed by atoms with Gasteiger partial charge in [-0.3, -0.25) is 4.79 Å². The third-order valence-electron chi connectivity index (χ3n) is 3.11. The molecule has 0 saturated carbocycles. The first-order chi connectivity index (χ1) is 9.52. The molecule has 0 aliphatic heterocycles. The zero-order valence-electron chi connectivity index (χ0n) is 11.2. The summed E-state index contributed by atoms with van der Waals surface area (Å²) in [5, 5.41) is 0.889. The van der Waals surface area contributed by atoms with Crippen molar-refractivity contribution in [3.05, 3.63) is 63.1 Å². The lowest BCUT2D eigenvalue weighted by Crippen LogP contribution is -2.05. The number of Topliss-reactive ketones (excluding diaryl/α,β-unsaturated/α-hetero) is 1. The fourth-order valence-corrected chi connectivity index (χ4v) is 2.34. The van der Waals surface area contributed by atoms with E-state index in [0.717, 1.165) is 11.1 Å². The Labute approximate surface area is 128 Å². The van der Waals surface area contributed by atoms with Crippen LogP contribution in [0.5, 0.6) is 5.75 Å². The quantitative estimate of drug-likeness (QED) is 0.763. The Hall–Kier alpha value is -1.51. The second-order valence-corrected chi connectivity index (χ2v) is 5.28. The van der Waals surface area contributed by atoms with Gasteiger partial charge in [-0.25, -0.2) is 0 Å². The van der Waals surface area contributed by atoms with Crippen molar-refractivity contribution in [1.29, 1.82) is 0 Å². The molecule has 2 nitrogen and oxygen atoms in total. The summed E-state index contributed by atoms with van der Waals surface area (Å²) in [7, 11) is 1.59. The third-order valence-corrected chi connectivity index (χ3v) is 3.97.